The van der Waals surface area contributed by atoms with Crippen LogP contribution in [0.15, 0.2) is 12.3 Å². The van der Waals surface area contributed by atoms with E-state index in [4.69, 9.17) is 9.47 Å². The summed E-state index contributed by atoms with van der Waals surface area (Å²) in [5.41, 5.74) is -1.00. The number of hydrogen-bond donors (Lipinski definition) is 1. The van der Waals surface area contributed by atoms with E-state index in [9.17, 15) is 18.7 Å². The number of hydrogen-bond acceptors (Lipinski definition) is 5. The number of alkyl halides is 2. The van der Waals surface area contributed by atoms with Gasteiger partial charge in [0.15, 0.2) is 5.69 Å². The molecular weight excluding hydrogens is 396 g/mol. The molecule has 4 rings (SSSR count). The monoisotopic (exact) mass is 427 g/mol. The SMILES string of the molecule is CC1(C)O[C@@](C)([C@H]2CC3(CCN(C(=O)c4ccn(C(F)F)n4)CC3)CO2)CC[C@@H]1O. The van der Waals surface area contributed by atoms with Gasteiger partial charge in [-0.3, -0.25) is 4.79 Å². The number of carbonyl (C=O) groups excluding carboxylic acids is 1. The van der Waals surface area contributed by atoms with Crippen LogP contribution in [0.2, 0.25) is 0 Å². The summed E-state index contributed by atoms with van der Waals surface area (Å²) >= 11 is 0. The standard InChI is InChI=1S/C21H31F2N3O4/c1-19(2)15(27)4-6-20(3,30-19)16-12-21(13-29-16)7-10-25(11-8-21)17(28)14-5-9-26(24-14)18(22)23/h5,9,15-16,18,27H,4,6-8,10-13H2,1-3H3/t15-,16+,20+/m0/s1. The average Bonchev–Trinajstić information content (AvgIpc) is 3.33. The molecule has 0 saturated carbocycles. The Morgan fingerprint density at radius 1 is 1.27 bits per heavy atom. The summed E-state index contributed by atoms with van der Waals surface area (Å²) in [5.74, 6) is -0.307. The molecule has 0 radical (unpaired) electrons. The molecule has 1 aromatic heterocycles. The van der Waals surface area contributed by atoms with Gasteiger partial charge in [-0.1, -0.05) is 0 Å². The molecule has 3 aliphatic rings. The van der Waals surface area contributed by atoms with E-state index in [-0.39, 0.29) is 23.1 Å². The van der Waals surface area contributed by atoms with Crippen LogP contribution in [0.3, 0.4) is 0 Å². The summed E-state index contributed by atoms with van der Waals surface area (Å²) < 4.78 is 38.5. The Bertz CT molecular complexity index is 791. The molecular formula is C21H31F2N3O4. The molecule has 30 heavy (non-hydrogen) atoms. The predicted molar refractivity (Wildman–Crippen MR) is 104 cm³/mol. The number of likely N-dealkylation sites (tertiary alicyclic amines) is 1. The highest BCUT2D eigenvalue weighted by Crippen LogP contribution is 2.49. The van der Waals surface area contributed by atoms with Gasteiger partial charge in [0.25, 0.3) is 5.91 Å². The zero-order valence-corrected chi connectivity index (χ0v) is 17.8. The molecule has 168 valence electrons. The van der Waals surface area contributed by atoms with Gasteiger partial charge in [-0.15, -0.1) is 0 Å². The lowest BCUT2D eigenvalue weighted by atomic mass is 9.73. The second-order valence-electron chi connectivity index (χ2n) is 9.83. The van der Waals surface area contributed by atoms with Crippen LogP contribution in [-0.2, 0) is 9.47 Å². The van der Waals surface area contributed by atoms with Crippen molar-refractivity contribution in [3.05, 3.63) is 18.0 Å². The van der Waals surface area contributed by atoms with Gasteiger partial charge in [-0.2, -0.15) is 13.9 Å². The van der Waals surface area contributed by atoms with Crippen LogP contribution >= 0.6 is 0 Å². The van der Waals surface area contributed by atoms with Crippen molar-refractivity contribution in [2.75, 3.05) is 19.7 Å². The smallest absolute Gasteiger partial charge is 0.333 e. The molecule has 3 saturated heterocycles. The summed E-state index contributed by atoms with van der Waals surface area (Å²) in [6.45, 7) is 4.89. The van der Waals surface area contributed by atoms with Gasteiger partial charge in [0.2, 0.25) is 0 Å². The highest BCUT2D eigenvalue weighted by atomic mass is 19.3. The highest BCUT2D eigenvalue weighted by Gasteiger charge is 2.53. The Hall–Kier alpha value is -1.58. The fourth-order valence-corrected chi connectivity index (χ4v) is 5.15. The molecule has 3 aliphatic heterocycles. The predicted octanol–water partition coefficient (Wildman–Crippen LogP) is 3.00. The maximum absolute atomic E-state index is 12.7. The third kappa shape index (κ3) is 3.87. The first-order chi connectivity index (χ1) is 14.0. The Balaban J connectivity index is 1.36. The van der Waals surface area contributed by atoms with E-state index in [1.54, 1.807) is 4.90 Å². The summed E-state index contributed by atoms with van der Waals surface area (Å²) in [6, 6.07) is 1.34. The van der Waals surface area contributed by atoms with Gasteiger partial charge < -0.3 is 19.5 Å². The first kappa shape index (κ1) is 21.6. The number of aliphatic hydroxyl groups excluding tert-OH is 1. The minimum atomic E-state index is -2.75. The largest absolute Gasteiger partial charge is 0.390 e. The van der Waals surface area contributed by atoms with Crippen molar-refractivity contribution in [3.8, 4) is 0 Å². The minimum Gasteiger partial charge on any atom is -0.390 e. The number of ether oxygens (including phenoxy) is 2. The molecule has 0 aromatic carbocycles. The molecule has 4 heterocycles. The van der Waals surface area contributed by atoms with Crippen LogP contribution in [-0.4, -0.2) is 68.8 Å². The van der Waals surface area contributed by atoms with Crippen LogP contribution in [0.25, 0.3) is 0 Å². The van der Waals surface area contributed by atoms with Gasteiger partial charge in [0, 0.05) is 19.3 Å². The number of piperidine rings is 1. The van der Waals surface area contributed by atoms with Gasteiger partial charge in [-0.05, 0) is 64.4 Å². The molecule has 0 bridgehead atoms. The van der Waals surface area contributed by atoms with Crippen molar-refractivity contribution in [2.45, 2.75) is 82.8 Å². The van der Waals surface area contributed by atoms with Crippen molar-refractivity contribution in [2.24, 2.45) is 5.41 Å². The molecule has 0 aliphatic carbocycles. The Kier molecular flexibility index (Phi) is 5.43. The van der Waals surface area contributed by atoms with Gasteiger partial charge in [0.05, 0.1) is 30.0 Å². The van der Waals surface area contributed by atoms with Gasteiger partial charge in [0.1, 0.15) is 0 Å². The van der Waals surface area contributed by atoms with Crippen molar-refractivity contribution < 1.29 is 28.2 Å². The van der Waals surface area contributed by atoms with Gasteiger partial charge >= 0.3 is 6.55 Å². The van der Waals surface area contributed by atoms with Crippen molar-refractivity contribution in [1.82, 2.24) is 14.7 Å². The van der Waals surface area contributed by atoms with Crippen LogP contribution in [0.5, 0.6) is 0 Å². The summed E-state index contributed by atoms with van der Waals surface area (Å²) in [5, 5.41) is 13.9. The molecule has 9 heteroatoms. The fraction of sp³-hybridized carbons (Fsp3) is 0.810. The Morgan fingerprint density at radius 3 is 2.57 bits per heavy atom. The first-order valence-electron chi connectivity index (χ1n) is 10.7. The topological polar surface area (TPSA) is 76.8 Å². The van der Waals surface area contributed by atoms with Crippen molar-refractivity contribution in [3.63, 3.8) is 0 Å². The number of carbonyl (C=O) groups is 1. The van der Waals surface area contributed by atoms with E-state index in [0.29, 0.717) is 30.8 Å². The average molecular weight is 427 g/mol. The number of halogens is 2. The van der Waals surface area contributed by atoms with E-state index in [0.717, 1.165) is 31.9 Å². The third-order valence-electron chi connectivity index (χ3n) is 7.24. The lowest BCUT2D eigenvalue weighted by Gasteiger charge is -2.48. The molecule has 1 spiro atoms. The van der Waals surface area contributed by atoms with E-state index in [1.165, 1.54) is 6.07 Å². The molecule has 1 aromatic rings. The number of aromatic nitrogens is 2. The lowest BCUT2D eigenvalue weighted by molar-refractivity contribution is -0.245. The zero-order valence-electron chi connectivity index (χ0n) is 17.8. The summed E-state index contributed by atoms with van der Waals surface area (Å²) in [4.78, 5) is 14.3. The molecule has 1 N–H and O–H groups in total. The van der Waals surface area contributed by atoms with E-state index >= 15 is 0 Å². The van der Waals surface area contributed by atoms with Crippen LogP contribution in [0, 0.1) is 5.41 Å². The van der Waals surface area contributed by atoms with E-state index < -0.39 is 23.9 Å². The van der Waals surface area contributed by atoms with Gasteiger partial charge in [-0.25, -0.2) is 4.68 Å². The maximum Gasteiger partial charge on any atom is 0.333 e. The molecule has 0 unspecified atom stereocenters. The Morgan fingerprint density at radius 2 is 1.97 bits per heavy atom. The highest BCUT2D eigenvalue weighted by molar-refractivity contribution is 5.92. The number of aliphatic hydroxyl groups is 1. The normalized spacial score (nSPS) is 33.4. The fourth-order valence-electron chi connectivity index (χ4n) is 5.15. The first-order valence-corrected chi connectivity index (χ1v) is 10.7. The summed E-state index contributed by atoms with van der Waals surface area (Å²) in [7, 11) is 0. The van der Waals surface area contributed by atoms with Crippen LogP contribution in [0.4, 0.5) is 8.78 Å². The number of nitrogens with zero attached hydrogens (tertiary/aromatic N) is 3. The second-order valence-corrected chi connectivity index (χ2v) is 9.83. The number of rotatable bonds is 3. The number of amides is 1. The lowest BCUT2D eigenvalue weighted by Crippen LogP contribution is -2.56. The van der Waals surface area contributed by atoms with Crippen molar-refractivity contribution in [1.29, 1.82) is 0 Å². The molecule has 7 nitrogen and oxygen atoms in total. The second kappa shape index (κ2) is 7.53. The zero-order chi connectivity index (χ0) is 21.7. The molecule has 3 fully saturated rings. The molecule has 1 amide bonds. The van der Waals surface area contributed by atoms with Crippen LogP contribution < -0.4 is 0 Å². The molecule has 3 atom stereocenters. The van der Waals surface area contributed by atoms with Crippen LogP contribution in [0.1, 0.15) is 69.9 Å². The maximum atomic E-state index is 12.7. The summed E-state index contributed by atoms with van der Waals surface area (Å²) in [6.07, 6.45) is 4.48. The van der Waals surface area contributed by atoms with E-state index in [1.807, 2.05) is 13.8 Å². The van der Waals surface area contributed by atoms with E-state index in [2.05, 4.69) is 12.0 Å². The van der Waals surface area contributed by atoms with Crippen molar-refractivity contribution >= 4 is 5.91 Å². The third-order valence-corrected chi connectivity index (χ3v) is 7.24. The quantitative estimate of drug-likeness (QED) is 0.803. The minimum absolute atomic E-state index is 0.00362. The Labute approximate surface area is 175 Å².